The Bertz CT molecular complexity index is 479. The zero-order valence-corrected chi connectivity index (χ0v) is 16.0. The van der Waals surface area contributed by atoms with Gasteiger partial charge in [-0.05, 0) is 34.6 Å². The van der Waals surface area contributed by atoms with Crippen molar-refractivity contribution >= 4 is 14.2 Å². The van der Waals surface area contributed by atoms with E-state index in [4.69, 9.17) is 9.47 Å². The number of hydrogen-bond acceptors (Lipinski definition) is 4. The lowest BCUT2D eigenvalue weighted by atomic mass is 10.1. The predicted molar refractivity (Wildman–Crippen MR) is 89.0 cm³/mol. The molecule has 0 unspecified atom stereocenters. The molecule has 0 radical (unpaired) electrons. The standard InChI is InChI=1S/C16H29NO4Si/c1-15(2,3)21-14(19)17-12(11-20-16(17,4)5)13(18)9-10-22(6,7)8/h12-13,18H,11H2,1-8H3/t12-,13+/m1/s1. The van der Waals surface area contributed by atoms with E-state index in [0.717, 1.165) is 0 Å². The molecule has 6 heteroatoms. The minimum Gasteiger partial charge on any atom is -0.444 e. The summed E-state index contributed by atoms with van der Waals surface area (Å²) in [6.45, 7) is 15.6. The summed E-state index contributed by atoms with van der Waals surface area (Å²) in [6.07, 6.45) is -1.44. The van der Waals surface area contributed by atoms with E-state index in [0.29, 0.717) is 0 Å². The van der Waals surface area contributed by atoms with Gasteiger partial charge in [-0.1, -0.05) is 25.6 Å². The van der Waals surface area contributed by atoms with Crippen LogP contribution in [-0.2, 0) is 9.47 Å². The number of amides is 1. The molecule has 0 bridgehead atoms. The Morgan fingerprint density at radius 3 is 2.41 bits per heavy atom. The Kier molecular flexibility index (Phi) is 5.38. The smallest absolute Gasteiger partial charge is 0.413 e. The summed E-state index contributed by atoms with van der Waals surface area (Å²) < 4.78 is 11.1. The predicted octanol–water partition coefficient (Wildman–Crippen LogP) is 2.60. The third kappa shape index (κ3) is 5.31. The number of aliphatic hydroxyl groups is 1. The highest BCUT2D eigenvalue weighted by molar-refractivity contribution is 6.83. The number of carbonyl (C=O) groups is 1. The van der Waals surface area contributed by atoms with Gasteiger partial charge in [0.2, 0.25) is 0 Å². The summed E-state index contributed by atoms with van der Waals surface area (Å²) in [6, 6.07) is -0.520. The molecule has 0 saturated carbocycles. The molecule has 5 nitrogen and oxygen atoms in total. The molecule has 1 heterocycles. The van der Waals surface area contributed by atoms with Crippen LogP contribution in [-0.4, -0.2) is 54.3 Å². The molecule has 1 rings (SSSR count). The molecule has 22 heavy (non-hydrogen) atoms. The van der Waals surface area contributed by atoms with E-state index >= 15 is 0 Å². The fraction of sp³-hybridized carbons (Fsp3) is 0.812. The van der Waals surface area contributed by atoms with Gasteiger partial charge >= 0.3 is 6.09 Å². The molecule has 1 N–H and O–H groups in total. The van der Waals surface area contributed by atoms with Gasteiger partial charge in [-0.25, -0.2) is 4.79 Å². The molecule has 0 aromatic rings. The van der Waals surface area contributed by atoms with Crippen LogP contribution in [0.4, 0.5) is 4.79 Å². The second-order valence-corrected chi connectivity index (χ2v) is 12.9. The molecule has 0 aromatic carbocycles. The van der Waals surface area contributed by atoms with Crippen LogP contribution in [0.1, 0.15) is 34.6 Å². The zero-order chi connectivity index (χ0) is 17.3. The van der Waals surface area contributed by atoms with Gasteiger partial charge in [0.1, 0.15) is 25.5 Å². The maximum absolute atomic E-state index is 12.5. The summed E-state index contributed by atoms with van der Waals surface area (Å²) in [5, 5.41) is 10.4. The van der Waals surface area contributed by atoms with Crippen molar-refractivity contribution in [2.24, 2.45) is 0 Å². The Labute approximate surface area is 135 Å². The van der Waals surface area contributed by atoms with Gasteiger partial charge in [-0.2, -0.15) is 0 Å². The summed E-state index contributed by atoms with van der Waals surface area (Å²) in [4.78, 5) is 13.9. The largest absolute Gasteiger partial charge is 0.444 e. The molecule has 0 aromatic heterocycles. The highest BCUT2D eigenvalue weighted by atomic mass is 28.3. The average molecular weight is 327 g/mol. The molecule has 0 aliphatic carbocycles. The van der Waals surface area contributed by atoms with Crippen LogP contribution in [0.25, 0.3) is 0 Å². The molecule has 1 amide bonds. The highest BCUT2D eigenvalue weighted by Gasteiger charge is 2.48. The van der Waals surface area contributed by atoms with Crippen LogP contribution < -0.4 is 0 Å². The zero-order valence-electron chi connectivity index (χ0n) is 15.0. The lowest BCUT2D eigenvalue weighted by Crippen LogP contribution is -2.53. The summed E-state index contributed by atoms with van der Waals surface area (Å²) in [5.41, 5.74) is 1.71. The number of rotatable bonds is 1. The summed E-state index contributed by atoms with van der Waals surface area (Å²) in [5.74, 6) is 2.89. The van der Waals surface area contributed by atoms with Crippen molar-refractivity contribution in [3.05, 3.63) is 0 Å². The highest BCUT2D eigenvalue weighted by Crippen LogP contribution is 2.30. The number of ether oxygens (including phenoxy) is 2. The number of nitrogens with zero attached hydrogens (tertiary/aromatic N) is 1. The van der Waals surface area contributed by atoms with Crippen LogP contribution in [0.2, 0.25) is 19.6 Å². The van der Waals surface area contributed by atoms with E-state index in [-0.39, 0.29) is 6.61 Å². The van der Waals surface area contributed by atoms with Crippen molar-refractivity contribution in [3.8, 4) is 11.5 Å². The van der Waals surface area contributed by atoms with Crippen LogP contribution in [0.5, 0.6) is 0 Å². The van der Waals surface area contributed by atoms with Gasteiger partial charge in [0.15, 0.2) is 0 Å². The van der Waals surface area contributed by atoms with E-state index in [9.17, 15) is 9.90 Å². The maximum Gasteiger partial charge on any atom is 0.413 e. The number of aliphatic hydroxyl groups excluding tert-OH is 1. The third-order valence-corrected chi connectivity index (χ3v) is 3.96. The summed E-state index contributed by atoms with van der Waals surface area (Å²) >= 11 is 0. The Balaban J connectivity index is 2.98. The Hall–Kier alpha value is -1.03. The molecular weight excluding hydrogens is 298 g/mol. The SMILES string of the molecule is CC(C)(C)OC(=O)N1[C@@H]([C@@H](O)C#C[Si](C)(C)C)COC1(C)C. The van der Waals surface area contributed by atoms with E-state index in [1.54, 1.807) is 13.8 Å². The fourth-order valence-electron chi connectivity index (χ4n) is 2.12. The third-order valence-electron chi connectivity index (χ3n) is 3.07. The first-order valence-electron chi connectivity index (χ1n) is 7.60. The van der Waals surface area contributed by atoms with Crippen molar-refractivity contribution < 1.29 is 19.4 Å². The molecule has 1 aliphatic rings. The quantitative estimate of drug-likeness (QED) is 0.594. The number of carbonyl (C=O) groups excluding carboxylic acids is 1. The summed E-state index contributed by atoms with van der Waals surface area (Å²) in [7, 11) is -1.59. The normalized spacial score (nSPS) is 22.8. The van der Waals surface area contributed by atoms with Gasteiger partial charge in [0, 0.05) is 0 Å². The van der Waals surface area contributed by atoms with Gasteiger partial charge < -0.3 is 14.6 Å². The first kappa shape index (κ1) is 19.0. The molecule has 1 fully saturated rings. The molecular formula is C16H29NO4Si. The van der Waals surface area contributed by atoms with Gasteiger partial charge in [0.05, 0.1) is 12.6 Å². The van der Waals surface area contributed by atoms with E-state index in [2.05, 4.69) is 31.1 Å². The van der Waals surface area contributed by atoms with Crippen LogP contribution in [0, 0.1) is 11.5 Å². The van der Waals surface area contributed by atoms with Crippen LogP contribution in [0.15, 0.2) is 0 Å². The topological polar surface area (TPSA) is 59.0 Å². The fourth-order valence-corrected chi connectivity index (χ4v) is 2.70. The minimum absolute atomic E-state index is 0.244. The first-order chi connectivity index (χ1) is 9.73. The van der Waals surface area contributed by atoms with Gasteiger partial charge in [-0.15, -0.1) is 5.54 Å². The first-order valence-corrected chi connectivity index (χ1v) is 11.1. The van der Waals surface area contributed by atoms with Crippen LogP contribution >= 0.6 is 0 Å². The second-order valence-electron chi connectivity index (χ2n) is 8.14. The molecule has 2 atom stereocenters. The maximum atomic E-state index is 12.5. The van der Waals surface area contributed by atoms with E-state index in [1.807, 2.05) is 20.8 Å². The molecule has 126 valence electrons. The van der Waals surface area contributed by atoms with Crippen molar-refractivity contribution in [2.75, 3.05) is 6.61 Å². The minimum atomic E-state index is -1.59. The van der Waals surface area contributed by atoms with Gasteiger partial charge in [0.25, 0.3) is 0 Å². The number of hydrogen-bond donors (Lipinski definition) is 1. The lowest BCUT2D eigenvalue weighted by molar-refractivity contribution is -0.0658. The average Bonchev–Trinajstić information content (AvgIpc) is 2.58. The van der Waals surface area contributed by atoms with E-state index in [1.165, 1.54) is 4.90 Å². The Morgan fingerprint density at radius 1 is 1.41 bits per heavy atom. The van der Waals surface area contributed by atoms with Gasteiger partial charge in [-0.3, -0.25) is 4.90 Å². The van der Waals surface area contributed by atoms with Crippen molar-refractivity contribution in [1.82, 2.24) is 4.90 Å². The van der Waals surface area contributed by atoms with Crippen molar-refractivity contribution in [2.45, 2.75) is 77.7 Å². The molecule has 0 spiro atoms. The van der Waals surface area contributed by atoms with Crippen molar-refractivity contribution in [1.29, 1.82) is 0 Å². The second kappa shape index (κ2) is 6.23. The van der Waals surface area contributed by atoms with E-state index < -0.39 is 37.6 Å². The van der Waals surface area contributed by atoms with Crippen molar-refractivity contribution in [3.63, 3.8) is 0 Å². The van der Waals surface area contributed by atoms with Crippen LogP contribution in [0.3, 0.4) is 0 Å². The molecule has 1 saturated heterocycles. The lowest BCUT2D eigenvalue weighted by Gasteiger charge is -2.35. The monoisotopic (exact) mass is 327 g/mol. The Morgan fingerprint density at radius 2 is 1.95 bits per heavy atom. The molecule has 1 aliphatic heterocycles.